The van der Waals surface area contributed by atoms with Gasteiger partial charge in [0.25, 0.3) is 0 Å². The summed E-state index contributed by atoms with van der Waals surface area (Å²) < 4.78 is 42.0. The van der Waals surface area contributed by atoms with Crippen molar-refractivity contribution < 1.29 is 17.9 Å². The molecule has 2 aromatic rings. The van der Waals surface area contributed by atoms with Gasteiger partial charge in [-0.15, -0.1) is 13.2 Å². The minimum Gasteiger partial charge on any atom is -0.406 e. The molecule has 20 heavy (non-hydrogen) atoms. The van der Waals surface area contributed by atoms with Gasteiger partial charge in [-0.05, 0) is 19.1 Å². The number of aromatic nitrogens is 2. The summed E-state index contributed by atoms with van der Waals surface area (Å²) in [5.41, 5.74) is 1.48. The van der Waals surface area contributed by atoms with E-state index in [9.17, 15) is 13.2 Å². The standard InChI is InChI=1S/C13H14F3N3O/c1-9(10-7-17-19(2)8-10)18-11-4-3-5-12(6-11)20-13(14,15)16/h3-9,18H,1-2H3. The van der Waals surface area contributed by atoms with E-state index in [1.165, 1.54) is 18.2 Å². The monoisotopic (exact) mass is 285 g/mol. The minimum absolute atomic E-state index is 0.0789. The van der Waals surface area contributed by atoms with Crippen molar-refractivity contribution in [2.24, 2.45) is 7.05 Å². The molecule has 7 heteroatoms. The maximum absolute atomic E-state index is 12.1. The first kappa shape index (κ1) is 14.2. The fourth-order valence-electron chi connectivity index (χ4n) is 1.78. The van der Waals surface area contributed by atoms with Crippen LogP contribution in [-0.4, -0.2) is 16.1 Å². The molecule has 0 saturated carbocycles. The Hall–Kier alpha value is -2.18. The van der Waals surface area contributed by atoms with E-state index in [0.717, 1.165) is 5.56 Å². The van der Waals surface area contributed by atoms with Crippen molar-refractivity contribution in [3.8, 4) is 5.75 Å². The molecule has 0 saturated heterocycles. The summed E-state index contributed by atoms with van der Waals surface area (Å²) in [6.45, 7) is 1.90. The molecule has 0 aliphatic carbocycles. The number of hydrogen-bond acceptors (Lipinski definition) is 3. The quantitative estimate of drug-likeness (QED) is 0.934. The Morgan fingerprint density at radius 1 is 1.35 bits per heavy atom. The molecule has 1 heterocycles. The van der Waals surface area contributed by atoms with E-state index in [2.05, 4.69) is 15.2 Å². The summed E-state index contributed by atoms with van der Waals surface area (Å²) in [4.78, 5) is 0. The van der Waals surface area contributed by atoms with Crippen LogP contribution in [0.5, 0.6) is 5.75 Å². The summed E-state index contributed by atoms with van der Waals surface area (Å²) in [5, 5.41) is 7.15. The van der Waals surface area contributed by atoms with Crippen molar-refractivity contribution in [1.82, 2.24) is 9.78 Å². The summed E-state index contributed by atoms with van der Waals surface area (Å²) in [6, 6.07) is 5.66. The minimum atomic E-state index is -4.69. The molecule has 1 N–H and O–H groups in total. The highest BCUT2D eigenvalue weighted by Gasteiger charge is 2.31. The van der Waals surface area contributed by atoms with Crippen LogP contribution in [0.3, 0.4) is 0 Å². The average Bonchev–Trinajstić information content (AvgIpc) is 2.74. The van der Waals surface area contributed by atoms with Crippen LogP contribution in [0.1, 0.15) is 18.5 Å². The SMILES string of the molecule is CC(Nc1cccc(OC(F)(F)F)c1)c1cnn(C)c1. The van der Waals surface area contributed by atoms with Crippen molar-refractivity contribution in [3.63, 3.8) is 0 Å². The van der Waals surface area contributed by atoms with E-state index in [-0.39, 0.29) is 11.8 Å². The second-order valence-electron chi connectivity index (χ2n) is 4.39. The second kappa shape index (κ2) is 5.44. The lowest BCUT2D eigenvalue weighted by atomic mass is 10.2. The Labute approximate surface area is 114 Å². The van der Waals surface area contributed by atoms with E-state index in [1.807, 2.05) is 13.1 Å². The van der Waals surface area contributed by atoms with Gasteiger partial charge in [0.05, 0.1) is 12.2 Å². The summed E-state index contributed by atoms with van der Waals surface area (Å²) in [6.07, 6.45) is -1.14. The molecule has 1 aromatic heterocycles. The zero-order valence-electron chi connectivity index (χ0n) is 11.0. The normalized spacial score (nSPS) is 13.1. The van der Waals surface area contributed by atoms with Crippen LogP contribution < -0.4 is 10.1 Å². The second-order valence-corrected chi connectivity index (χ2v) is 4.39. The largest absolute Gasteiger partial charge is 0.573 e. The van der Waals surface area contributed by atoms with Crippen LogP contribution in [-0.2, 0) is 7.05 Å². The van der Waals surface area contributed by atoms with Gasteiger partial charge < -0.3 is 10.1 Å². The number of alkyl halides is 3. The third-order valence-electron chi connectivity index (χ3n) is 2.68. The fourth-order valence-corrected chi connectivity index (χ4v) is 1.78. The Morgan fingerprint density at radius 3 is 2.70 bits per heavy atom. The van der Waals surface area contributed by atoms with Gasteiger partial charge >= 0.3 is 6.36 Å². The van der Waals surface area contributed by atoms with Gasteiger partial charge in [0, 0.05) is 30.6 Å². The number of aryl methyl sites for hydroxylation is 1. The van der Waals surface area contributed by atoms with Crippen molar-refractivity contribution in [1.29, 1.82) is 0 Å². The Morgan fingerprint density at radius 2 is 2.10 bits per heavy atom. The Kier molecular flexibility index (Phi) is 3.87. The van der Waals surface area contributed by atoms with Crippen LogP contribution in [0.25, 0.3) is 0 Å². The maximum atomic E-state index is 12.1. The number of benzene rings is 1. The van der Waals surface area contributed by atoms with Crippen LogP contribution in [0.15, 0.2) is 36.7 Å². The van der Waals surface area contributed by atoms with Gasteiger partial charge in [-0.3, -0.25) is 4.68 Å². The van der Waals surface area contributed by atoms with Crippen LogP contribution >= 0.6 is 0 Å². The van der Waals surface area contributed by atoms with Gasteiger partial charge in [-0.1, -0.05) is 6.07 Å². The first-order chi connectivity index (χ1) is 9.33. The predicted molar refractivity (Wildman–Crippen MR) is 68.4 cm³/mol. The first-order valence-corrected chi connectivity index (χ1v) is 5.94. The zero-order valence-corrected chi connectivity index (χ0v) is 11.0. The van der Waals surface area contributed by atoms with E-state index < -0.39 is 6.36 Å². The molecule has 0 aliphatic rings. The van der Waals surface area contributed by atoms with E-state index in [0.29, 0.717) is 5.69 Å². The summed E-state index contributed by atoms with van der Waals surface area (Å²) >= 11 is 0. The van der Waals surface area contributed by atoms with E-state index in [1.54, 1.807) is 24.0 Å². The number of nitrogens with zero attached hydrogens (tertiary/aromatic N) is 2. The Bertz CT molecular complexity index is 580. The lowest BCUT2D eigenvalue weighted by Gasteiger charge is -2.15. The molecule has 1 atom stereocenters. The third kappa shape index (κ3) is 3.91. The van der Waals surface area contributed by atoms with Crippen LogP contribution in [0, 0.1) is 0 Å². The molecule has 0 radical (unpaired) electrons. The zero-order chi connectivity index (χ0) is 14.8. The number of nitrogens with one attached hydrogen (secondary N) is 1. The molecular formula is C13H14F3N3O. The molecule has 0 amide bonds. The first-order valence-electron chi connectivity index (χ1n) is 5.94. The fraction of sp³-hybridized carbons (Fsp3) is 0.308. The van der Waals surface area contributed by atoms with Gasteiger partial charge in [0.15, 0.2) is 0 Å². The van der Waals surface area contributed by atoms with Gasteiger partial charge in [-0.25, -0.2) is 0 Å². The number of anilines is 1. The molecule has 0 aliphatic heterocycles. The van der Waals surface area contributed by atoms with Crippen molar-refractivity contribution in [2.45, 2.75) is 19.3 Å². The molecule has 108 valence electrons. The molecule has 0 fully saturated rings. The van der Waals surface area contributed by atoms with Crippen molar-refractivity contribution in [2.75, 3.05) is 5.32 Å². The van der Waals surface area contributed by atoms with Gasteiger partial charge in [-0.2, -0.15) is 5.10 Å². The number of ether oxygens (including phenoxy) is 1. The number of halogens is 3. The predicted octanol–water partition coefficient (Wildman–Crippen LogP) is 3.49. The molecule has 0 bridgehead atoms. The van der Waals surface area contributed by atoms with Gasteiger partial charge in [0.1, 0.15) is 5.75 Å². The summed E-state index contributed by atoms with van der Waals surface area (Å²) in [5.74, 6) is -0.249. The van der Waals surface area contributed by atoms with Crippen molar-refractivity contribution >= 4 is 5.69 Å². The van der Waals surface area contributed by atoms with Crippen LogP contribution in [0.2, 0.25) is 0 Å². The average molecular weight is 285 g/mol. The highest BCUT2D eigenvalue weighted by atomic mass is 19.4. The highest BCUT2D eigenvalue weighted by Crippen LogP contribution is 2.26. The number of hydrogen-bond donors (Lipinski definition) is 1. The summed E-state index contributed by atoms with van der Waals surface area (Å²) in [7, 11) is 1.80. The number of rotatable bonds is 4. The lowest BCUT2D eigenvalue weighted by Crippen LogP contribution is -2.17. The maximum Gasteiger partial charge on any atom is 0.573 e. The molecule has 2 rings (SSSR count). The third-order valence-corrected chi connectivity index (χ3v) is 2.68. The van der Waals surface area contributed by atoms with E-state index >= 15 is 0 Å². The van der Waals surface area contributed by atoms with Crippen LogP contribution in [0.4, 0.5) is 18.9 Å². The molecule has 4 nitrogen and oxygen atoms in total. The molecule has 1 unspecified atom stereocenters. The van der Waals surface area contributed by atoms with E-state index in [4.69, 9.17) is 0 Å². The van der Waals surface area contributed by atoms with Crippen molar-refractivity contribution in [3.05, 3.63) is 42.2 Å². The van der Waals surface area contributed by atoms with Gasteiger partial charge in [0.2, 0.25) is 0 Å². The molecular weight excluding hydrogens is 271 g/mol. The molecule has 1 aromatic carbocycles. The Balaban J connectivity index is 2.08. The smallest absolute Gasteiger partial charge is 0.406 e. The lowest BCUT2D eigenvalue weighted by molar-refractivity contribution is -0.274. The molecule has 0 spiro atoms. The topological polar surface area (TPSA) is 39.1 Å². The highest BCUT2D eigenvalue weighted by molar-refractivity contribution is 5.49.